The molecule has 6 nitrogen and oxygen atoms in total. The van der Waals surface area contributed by atoms with Crippen LogP contribution in [0.1, 0.15) is 5.56 Å². The van der Waals surface area contributed by atoms with E-state index in [1.165, 1.54) is 0 Å². The van der Waals surface area contributed by atoms with E-state index in [4.69, 9.17) is 4.74 Å². The Morgan fingerprint density at radius 3 is 3.20 bits per heavy atom. The molecule has 0 unspecified atom stereocenters. The summed E-state index contributed by atoms with van der Waals surface area (Å²) in [4.78, 5) is 21.1. The molecule has 20 heavy (non-hydrogen) atoms. The summed E-state index contributed by atoms with van der Waals surface area (Å²) in [6, 6.07) is 3.53. The van der Waals surface area contributed by atoms with Gasteiger partial charge >= 0.3 is 0 Å². The van der Waals surface area contributed by atoms with E-state index in [1.54, 1.807) is 18.1 Å². The number of ether oxygens (including phenoxy) is 1. The third-order valence-electron chi connectivity index (χ3n) is 3.79. The maximum atomic E-state index is 12.3. The minimum atomic E-state index is -0.603. The molecule has 3 rings (SSSR count). The van der Waals surface area contributed by atoms with Crippen molar-refractivity contribution >= 4 is 16.9 Å². The highest BCUT2D eigenvalue weighted by Gasteiger charge is 2.32. The third-order valence-corrected chi connectivity index (χ3v) is 3.79. The number of fused-ring (bicyclic) bond motifs is 1. The van der Waals surface area contributed by atoms with Gasteiger partial charge in [0.15, 0.2) is 0 Å². The SMILES string of the molecule is CN(C(=O)Cc1c[nH]c2ncccc12)[C@@H]1COC[C@H]1O. The molecule has 2 atom stereocenters. The number of hydrogen-bond acceptors (Lipinski definition) is 4. The highest BCUT2D eigenvalue weighted by atomic mass is 16.5. The van der Waals surface area contributed by atoms with Crippen LogP contribution in [0.3, 0.4) is 0 Å². The first kappa shape index (κ1) is 13.1. The Morgan fingerprint density at radius 1 is 1.60 bits per heavy atom. The first-order chi connectivity index (χ1) is 9.66. The molecule has 0 aliphatic carbocycles. The lowest BCUT2D eigenvalue weighted by atomic mass is 10.1. The van der Waals surface area contributed by atoms with Gasteiger partial charge < -0.3 is 19.7 Å². The highest BCUT2D eigenvalue weighted by Crippen LogP contribution is 2.18. The molecule has 1 fully saturated rings. The van der Waals surface area contributed by atoms with E-state index in [9.17, 15) is 9.90 Å². The van der Waals surface area contributed by atoms with Crippen molar-refractivity contribution in [3.63, 3.8) is 0 Å². The third kappa shape index (κ3) is 2.28. The number of pyridine rings is 1. The van der Waals surface area contributed by atoms with Crippen LogP contribution in [0.25, 0.3) is 11.0 Å². The number of rotatable bonds is 3. The number of carbonyl (C=O) groups is 1. The first-order valence-electron chi connectivity index (χ1n) is 6.59. The summed E-state index contributed by atoms with van der Waals surface area (Å²) in [7, 11) is 1.71. The van der Waals surface area contributed by atoms with Gasteiger partial charge in [-0.1, -0.05) is 0 Å². The summed E-state index contributed by atoms with van der Waals surface area (Å²) in [5.74, 6) is -0.0377. The number of aromatic nitrogens is 2. The first-order valence-corrected chi connectivity index (χ1v) is 6.59. The molecule has 2 aromatic rings. The number of aliphatic hydroxyl groups is 1. The zero-order valence-electron chi connectivity index (χ0n) is 11.2. The number of nitrogens with zero attached hydrogens (tertiary/aromatic N) is 2. The van der Waals surface area contributed by atoms with Gasteiger partial charge in [0, 0.05) is 24.8 Å². The van der Waals surface area contributed by atoms with Gasteiger partial charge in [0.2, 0.25) is 5.91 Å². The van der Waals surface area contributed by atoms with E-state index in [1.807, 2.05) is 18.3 Å². The molecule has 1 aliphatic rings. The zero-order chi connectivity index (χ0) is 14.1. The van der Waals surface area contributed by atoms with Gasteiger partial charge in [0.05, 0.1) is 31.8 Å². The quantitative estimate of drug-likeness (QED) is 0.846. The molecule has 0 aromatic carbocycles. The summed E-state index contributed by atoms with van der Waals surface area (Å²) in [6.45, 7) is 0.679. The number of aromatic amines is 1. The summed E-state index contributed by atoms with van der Waals surface area (Å²) in [6.07, 6.45) is 3.20. The van der Waals surface area contributed by atoms with Crippen LogP contribution in [0.4, 0.5) is 0 Å². The lowest BCUT2D eigenvalue weighted by Gasteiger charge is -2.25. The molecule has 1 saturated heterocycles. The fourth-order valence-corrected chi connectivity index (χ4v) is 2.53. The Labute approximate surface area is 116 Å². The minimum Gasteiger partial charge on any atom is -0.388 e. The molecule has 6 heteroatoms. The van der Waals surface area contributed by atoms with Crippen molar-refractivity contribution in [1.29, 1.82) is 0 Å². The van der Waals surface area contributed by atoms with Gasteiger partial charge in [-0.15, -0.1) is 0 Å². The fourth-order valence-electron chi connectivity index (χ4n) is 2.53. The normalized spacial score (nSPS) is 22.3. The van der Waals surface area contributed by atoms with Crippen molar-refractivity contribution in [2.75, 3.05) is 20.3 Å². The van der Waals surface area contributed by atoms with Crippen LogP contribution < -0.4 is 0 Å². The van der Waals surface area contributed by atoms with Crippen LogP contribution in [0.5, 0.6) is 0 Å². The van der Waals surface area contributed by atoms with E-state index in [2.05, 4.69) is 9.97 Å². The lowest BCUT2D eigenvalue weighted by molar-refractivity contribution is -0.132. The number of carbonyl (C=O) groups excluding carboxylic acids is 1. The second-order valence-corrected chi connectivity index (χ2v) is 5.07. The van der Waals surface area contributed by atoms with Crippen molar-refractivity contribution in [2.24, 2.45) is 0 Å². The van der Waals surface area contributed by atoms with Crippen LogP contribution in [-0.2, 0) is 16.0 Å². The Bertz CT molecular complexity index is 625. The maximum absolute atomic E-state index is 12.3. The number of amides is 1. The van der Waals surface area contributed by atoms with E-state index in [0.29, 0.717) is 13.2 Å². The molecule has 0 spiro atoms. The fraction of sp³-hybridized carbons (Fsp3) is 0.429. The average molecular weight is 275 g/mol. The second-order valence-electron chi connectivity index (χ2n) is 5.07. The molecule has 0 bridgehead atoms. The minimum absolute atomic E-state index is 0.0377. The van der Waals surface area contributed by atoms with Crippen LogP contribution in [0.2, 0.25) is 0 Å². The monoisotopic (exact) mass is 275 g/mol. The Kier molecular flexibility index (Phi) is 3.42. The number of H-pyrrole nitrogens is 1. The van der Waals surface area contributed by atoms with Crippen LogP contribution in [0.15, 0.2) is 24.5 Å². The number of likely N-dealkylation sites (N-methyl/N-ethyl adjacent to an activating group) is 1. The van der Waals surface area contributed by atoms with E-state index >= 15 is 0 Å². The van der Waals surface area contributed by atoms with E-state index < -0.39 is 6.10 Å². The Morgan fingerprint density at radius 2 is 2.45 bits per heavy atom. The van der Waals surface area contributed by atoms with Crippen molar-refractivity contribution in [3.05, 3.63) is 30.1 Å². The smallest absolute Gasteiger partial charge is 0.227 e. The van der Waals surface area contributed by atoms with Crippen molar-refractivity contribution in [3.8, 4) is 0 Å². The molecule has 0 saturated carbocycles. The zero-order valence-corrected chi connectivity index (χ0v) is 11.2. The average Bonchev–Trinajstić information content (AvgIpc) is 3.05. The van der Waals surface area contributed by atoms with Gasteiger partial charge in [-0.3, -0.25) is 4.79 Å². The van der Waals surface area contributed by atoms with E-state index in [0.717, 1.165) is 16.6 Å². The van der Waals surface area contributed by atoms with Crippen LogP contribution in [0, 0.1) is 0 Å². The standard InChI is InChI=1S/C14H17N3O3/c1-17(11-7-20-8-12(11)18)13(19)5-9-6-16-14-10(9)3-2-4-15-14/h2-4,6,11-12,18H,5,7-8H2,1H3,(H,15,16)/t11-,12-/m1/s1. The maximum Gasteiger partial charge on any atom is 0.227 e. The van der Waals surface area contributed by atoms with Gasteiger partial charge in [-0.05, 0) is 17.7 Å². The largest absolute Gasteiger partial charge is 0.388 e. The number of hydrogen-bond donors (Lipinski definition) is 2. The predicted molar refractivity (Wildman–Crippen MR) is 73.2 cm³/mol. The molecule has 1 aliphatic heterocycles. The molecule has 2 N–H and O–H groups in total. The van der Waals surface area contributed by atoms with Gasteiger partial charge in [0.25, 0.3) is 0 Å². The Hall–Kier alpha value is -1.92. The Balaban J connectivity index is 1.75. The molecular weight excluding hydrogens is 258 g/mol. The number of aliphatic hydroxyl groups excluding tert-OH is 1. The summed E-state index contributed by atoms with van der Waals surface area (Å²) < 4.78 is 5.19. The highest BCUT2D eigenvalue weighted by molar-refractivity contribution is 5.87. The predicted octanol–water partition coefficient (Wildman–Crippen LogP) is 0.323. The summed E-state index contributed by atoms with van der Waals surface area (Å²) >= 11 is 0. The van der Waals surface area contributed by atoms with Crippen LogP contribution in [-0.4, -0.2) is 58.3 Å². The van der Waals surface area contributed by atoms with Gasteiger partial charge in [-0.2, -0.15) is 0 Å². The summed E-state index contributed by atoms with van der Waals surface area (Å²) in [5.41, 5.74) is 1.69. The van der Waals surface area contributed by atoms with Gasteiger partial charge in [0.1, 0.15) is 5.65 Å². The molecule has 106 valence electrons. The van der Waals surface area contributed by atoms with Crippen LogP contribution >= 0.6 is 0 Å². The topological polar surface area (TPSA) is 78.5 Å². The van der Waals surface area contributed by atoms with Gasteiger partial charge in [-0.25, -0.2) is 4.98 Å². The molecule has 0 radical (unpaired) electrons. The van der Waals surface area contributed by atoms with E-state index in [-0.39, 0.29) is 18.4 Å². The van der Waals surface area contributed by atoms with Crippen molar-refractivity contribution in [2.45, 2.75) is 18.6 Å². The molecule has 2 aromatic heterocycles. The van der Waals surface area contributed by atoms with Crippen molar-refractivity contribution < 1.29 is 14.6 Å². The van der Waals surface area contributed by atoms with Crippen molar-refractivity contribution in [1.82, 2.24) is 14.9 Å². The number of nitrogens with one attached hydrogen (secondary N) is 1. The molecule has 3 heterocycles. The molecular formula is C14H17N3O3. The second kappa shape index (κ2) is 5.22. The lowest BCUT2D eigenvalue weighted by Crippen LogP contribution is -2.44. The summed E-state index contributed by atoms with van der Waals surface area (Å²) in [5, 5.41) is 10.7. The molecule has 1 amide bonds.